The Labute approximate surface area is 87.6 Å². The predicted molar refractivity (Wildman–Crippen MR) is 59.6 cm³/mol. The summed E-state index contributed by atoms with van der Waals surface area (Å²) >= 11 is 0. The monoisotopic (exact) mass is 200 g/mol. The molecule has 0 radical (unpaired) electrons. The Morgan fingerprint density at radius 1 is 1.36 bits per heavy atom. The lowest BCUT2D eigenvalue weighted by molar-refractivity contribution is 0.0831. The quantitative estimate of drug-likeness (QED) is 0.698. The van der Waals surface area contributed by atoms with Crippen LogP contribution in [-0.4, -0.2) is 38.4 Å². The van der Waals surface area contributed by atoms with Crippen LogP contribution >= 0.6 is 0 Å². The molecule has 0 saturated heterocycles. The lowest BCUT2D eigenvalue weighted by Crippen LogP contribution is -2.50. The third-order valence-corrected chi connectivity index (χ3v) is 3.24. The van der Waals surface area contributed by atoms with Crippen LogP contribution in [0.5, 0.6) is 0 Å². The molecule has 0 aliphatic heterocycles. The van der Waals surface area contributed by atoms with Crippen LogP contribution in [0.15, 0.2) is 0 Å². The van der Waals surface area contributed by atoms with E-state index in [1.54, 1.807) is 0 Å². The van der Waals surface area contributed by atoms with Gasteiger partial charge in [-0.2, -0.15) is 0 Å². The van der Waals surface area contributed by atoms with Crippen molar-refractivity contribution in [2.24, 2.45) is 0 Å². The average Bonchev–Trinajstić information content (AvgIpc) is 2.62. The Hall–Kier alpha value is -0.120. The van der Waals surface area contributed by atoms with Crippen molar-refractivity contribution >= 4 is 0 Å². The van der Waals surface area contributed by atoms with Gasteiger partial charge in [0, 0.05) is 25.2 Å². The second-order valence-electron chi connectivity index (χ2n) is 4.83. The molecule has 0 bridgehead atoms. The van der Waals surface area contributed by atoms with Crippen molar-refractivity contribution in [1.29, 1.82) is 0 Å². The fourth-order valence-corrected chi connectivity index (χ4v) is 1.92. The first-order chi connectivity index (χ1) is 6.59. The number of methoxy groups -OCH3 is 1. The van der Waals surface area contributed by atoms with E-state index >= 15 is 0 Å². The Morgan fingerprint density at radius 2 is 2.07 bits per heavy atom. The molecule has 2 atom stereocenters. The van der Waals surface area contributed by atoms with E-state index in [0.29, 0.717) is 12.1 Å². The molecule has 2 N–H and O–H groups in total. The molecular formula is C11H24N2O. The number of nitrogens with one attached hydrogen (secondary N) is 2. The Balaban J connectivity index is 2.30. The number of hydrogen-bond acceptors (Lipinski definition) is 3. The normalized spacial score (nSPS) is 28.3. The lowest BCUT2D eigenvalue weighted by atomic mass is 10.1. The van der Waals surface area contributed by atoms with Crippen LogP contribution in [-0.2, 0) is 4.74 Å². The van der Waals surface area contributed by atoms with Crippen molar-refractivity contribution in [3.8, 4) is 0 Å². The third kappa shape index (κ3) is 3.23. The number of rotatable bonds is 5. The molecule has 1 aliphatic rings. The zero-order valence-corrected chi connectivity index (χ0v) is 9.89. The first-order valence-electron chi connectivity index (χ1n) is 5.54. The number of ether oxygens (including phenoxy) is 1. The summed E-state index contributed by atoms with van der Waals surface area (Å²) in [5, 5.41) is 6.88. The molecule has 0 aromatic heterocycles. The maximum absolute atomic E-state index is 5.44. The van der Waals surface area contributed by atoms with Crippen LogP contribution in [0, 0.1) is 0 Å². The molecule has 1 fully saturated rings. The maximum Gasteiger partial charge on any atom is 0.0724 e. The molecule has 84 valence electrons. The van der Waals surface area contributed by atoms with Gasteiger partial charge in [0.25, 0.3) is 0 Å². The van der Waals surface area contributed by atoms with Crippen molar-refractivity contribution in [3.63, 3.8) is 0 Å². The van der Waals surface area contributed by atoms with Crippen molar-refractivity contribution in [1.82, 2.24) is 10.6 Å². The molecule has 1 rings (SSSR count). The summed E-state index contributed by atoms with van der Waals surface area (Å²) in [6.07, 6.45) is 4.16. The fraction of sp³-hybridized carbons (Fsp3) is 1.00. The topological polar surface area (TPSA) is 33.3 Å². The molecule has 1 aliphatic carbocycles. The molecule has 14 heavy (non-hydrogen) atoms. The minimum Gasteiger partial charge on any atom is -0.380 e. The molecule has 3 nitrogen and oxygen atoms in total. The van der Waals surface area contributed by atoms with Crippen LogP contribution in [0.25, 0.3) is 0 Å². The minimum absolute atomic E-state index is 0.168. The second-order valence-corrected chi connectivity index (χ2v) is 4.83. The minimum atomic E-state index is 0.168. The molecule has 3 heteroatoms. The van der Waals surface area contributed by atoms with Crippen LogP contribution in [0.2, 0.25) is 0 Å². The highest BCUT2D eigenvalue weighted by atomic mass is 16.5. The summed E-state index contributed by atoms with van der Waals surface area (Å²) < 4.78 is 5.44. The van der Waals surface area contributed by atoms with Crippen LogP contribution in [0.4, 0.5) is 0 Å². The van der Waals surface area contributed by atoms with E-state index in [1.165, 1.54) is 19.3 Å². The Morgan fingerprint density at radius 3 is 2.64 bits per heavy atom. The van der Waals surface area contributed by atoms with E-state index in [2.05, 4.69) is 24.5 Å². The van der Waals surface area contributed by atoms with Crippen molar-refractivity contribution < 1.29 is 4.74 Å². The van der Waals surface area contributed by atoms with E-state index < -0.39 is 0 Å². The highest BCUT2D eigenvalue weighted by Gasteiger charge is 2.28. The number of hydrogen-bond donors (Lipinski definition) is 2. The van der Waals surface area contributed by atoms with Crippen molar-refractivity contribution in [2.45, 2.75) is 50.8 Å². The fourth-order valence-electron chi connectivity index (χ4n) is 1.92. The summed E-state index contributed by atoms with van der Waals surface area (Å²) in [5.74, 6) is 0. The largest absolute Gasteiger partial charge is 0.380 e. The van der Waals surface area contributed by atoms with Gasteiger partial charge in [0.1, 0.15) is 0 Å². The smallest absolute Gasteiger partial charge is 0.0724 e. The summed E-state index contributed by atoms with van der Waals surface area (Å²) in [6.45, 7) is 5.40. The maximum atomic E-state index is 5.44. The molecule has 2 unspecified atom stereocenters. The Kier molecular flexibility index (Phi) is 4.35. The van der Waals surface area contributed by atoms with Gasteiger partial charge in [-0.3, -0.25) is 0 Å². The molecule has 0 aromatic rings. The third-order valence-electron chi connectivity index (χ3n) is 3.24. The molecule has 1 saturated carbocycles. The van der Waals surface area contributed by atoms with Crippen LogP contribution in [0.3, 0.4) is 0 Å². The van der Waals surface area contributed by atoms with Gasteiger partial charge in [-0.15, -0.1) is 0 Å². The van der Waals surface area contributed by atoms with Gasteiger partial charge in [0.15, 0.2) is 0 Å². The lowest BCUT2D eigenvalue weighted by Gasteiger charge is -2.28. The predicted octanol–water partition coefficient (Wildman–Crippen LogP) is 1.14. The van der Waals surface area contributed by atoms with Crippen molar-refractivity contribution in [3.05, 3.63) is 0 Å². The zero-order chi connectivity index (χ0) is 10.6. The zero-order valence-electron chi connectivity index (χ0n) is 9.89. The average molecular weight is 200 g/mol. The molecule has 0 heterocycles. The second kappa shape index (κ2) is 5.10. The van der Waals surface area contributed by atoms with Gasteiger partial charge in [0.2, 0.25) is 0 Å². The first kappa shape index (κ1) is 12.0. The van der Waals surface area contributed by atoms with Crippen LogP contribution < -0.4 is 10.6 Å². The van der Waals surface area contributed by atoms with Gasteiger partial charge in [-0.05, 0) is 40.2 Å². The van der Waals surface area contributed by atoms with Gasteiger partial charge in [0.05, 0.1) is 6.10 Å². The van der Waals surface area contributed by atoms with Gasteiger partial charge in [-0.1, -0.05) is 0 Å². The van der Waals surface area contributed by atoms with Gasteiger partial charge >= 0.3 is 0 Å². The summed E-state index contributed by atoms with van der Waals surface area (Å²) in [7, 11) is 3.82. The van der Waals surface area contributed by atoms with E-state index in [9.17, 15) is 0 Å². The van der Waals surface area contributed by atoms with Gasteiger partial charge < -0.3 is 15.4 Å². The SMILES string of the molecule is CNC(C)(C)CNC1CCCC1OC. The highest BCUT2D eigenvalue weighted by Crippen LogP contribution is 2.21. The Bertz CT molecular complexity index is 171. The van der Waals surface area contributed by atoms with Gasteiger partial charge in [-0.25, -0.2) is 0 Å². The molecule has 0 spiro atoms. The van der Waals surface area contributed by atoms with E-state index in [4.69, 9.17) is 4.74 Å². The summed E-state index contributed by atoms with van der Waals surface area (Å²) in [4.78, 5) is 0. The van der Waals surface area contributed by atoms with E-state index in [0.717, 1.165) is 6.54 Å². The summed E-state index contributed by atoms with van der Waals surface area (Å²) in [5.41, 5.74) is 0.168. The molecule has 0 amide bonds. The number of likely N-dealkylation sites (N-methyl/N-ethyl adjacent to an activating group) is 1. The van der Waals surface area contributed by atoms with E-state index in [-0.39, 0.29) is 5.54 Å². The highest BCUT2D eigenvalue weighted by molar-refractivity contribution is 4.87. The standard InChI is InChI=1S/C11H24N2O/c1-11(2,12-3)8-13-9-6-5-7-10(9)14-4/h9-10,12-13H,5-8H2,1-4H3. The van der Waals surface area contributed by atoms with E-state index in [1.807, 2.05) is 14.2 Å². The first-order valence-corrected chi connectivity index (χ1v) is 5.54. The van der Waals surface area contributed by atoms with Crippen LogP contribution in [0.1, 0.15) is 33.1 Å². The molecule has 0 aromatic carbocycles. The molecular weight excluding hydrogens is 176 g/mol. The summed E-state index contributed by atoms with van der Waals surface area (Å²) in [6, 6.07) is 0.549. The van der Waals surface area contributed by atoms with Crippen molar-refractivity contribution in [2.75, 3.05) is 20.7 Å².